The Morgan fingerprint density at radius 2 is 1.71 bits per heavy atom. The summed E-state index contributed by atoms with van der Waals surface area (Å²) in [5.74, 6) is -1.09. The molecule has 0 heterocycles. The third-order valence-electron chi connectivity index (χ3n) is 2.06. The molecule has 14 heavy (non-hydrogen) atoms. The summed E-state index contributed by atoms with van der Waals surface area (Å²) in [6.07, 6.45) is 0. The quantitative estimate of drug-likeness (QED) is 0.625. The Balaban J connectivity index is 3.01. The van der Waals surface area contributed by atoms with Crippen LogP contribution < -0.4 is 0 Å². The minimum atomic E-state index is -0.571. The molecule has 0 aromatic heterocycles. The van der Waals surface area contributed by atoms with E-state index < -0.39 is 11.6 Å². The van der Waals surface area contributed by atoms with Crippen LogP contribution in [0.2, 0.25) is 0 Å². The van der Waals surface area contributed by atoms with E-state index in [0.717, 1.165) is 12.1 Å². The molecule has 2 rings (SSSR count). The lowest BCUT2D eigenvalue weighted by Gasteiger charge is -2.01. The molecule has 68 valence electrons. The molecule has 0 aliphatic carbocycles. The van der Waals surface area contributed by atoms with E-state index >= 15 is 0 Å². The van der Waals surface area contributed by atoms with Gasteiger partial charge in [-0.2, -0.15) is 5.26 Å². The van der Waals surface area contributed by atoms with Gasteiger partial charge in [0.05, 0.1) is 11.6 Å². The largest absolute Gasteiger partial charge is 0.206 e. The molecule has 0 unspecified atom stereocenters. The Bertz CT molecular complexity index is 541. The molecule has 0 bridgehead atoms. The van der Waals surface area contributed by atoms with Crippen LogP contribution in [0.15, 0.2) is 30.3 Å². The minimum Gasteiger partial charge on any atom is -0.206 e. The van der Waals surface area contributed by atoms with Crippen molar-refractivity contribution < 1.29 is 8.78 Å². The number of halogens is 2. The molecule has 0 aliphatic heterocycles. The molecule has 1 nitrogen and oxygen atoms in total. The van der Waals surface area contributed by atoms with Crippen LogP contribution in [-0.2, 0) is 0 Å². The molecule has 2 aromatic carbocycles. The zero-order valence-corrected chi connectivity index (χ0v) is 7.09. The van der Waals surface area contributed by atoms with Gasteiger partial charge in [0, 0.05) is 10.8 Å². The zero-order valence-electron chi connectivity index (χ0n) is 7.09. The molecule has 0 amide bonds. The molecule has 0 aliphatic rings. The molecule has 0 atom stereocenters. The molecule has 0 radical (unpaired) electrons. The van der Waals surface area contributed by atoms with Crippen LogP contribution in [0, 0.1) is 23.0 Å². The molecule has 3 heteroatoms. The first-order chi connectivity index (χ1) is 6.74. The van der Waals surface area contributed by atoms with Crippen molar-refractivity contribution >= 4 is 10.8 Å². The summed E-state index contributed by atoms with van der Waals surface area (Å²) < 4.78 is 26.5. The predicted octanol–water partition coefficient (Wildman–Crippen LogP) is 2.99. The summed E-state index contributed by atoms with van der Waals surface area (Å²) >= 11 is 0. The standard InChI is InChI=1S/C11H5F2N/c12-9-4-5-10(13)11-7(6-14)2-1-3-8(9)11/h1-5H. The van der Waals surface area contributed by atoms with Crippen molar-refractivity contribution in [2.24, 2.45) is 0 Å². The summed E-state index contributed by atoms with van der Waals surface area (Å²) in [6, 6.07) is 8.36. The van der Waals surface area contributed by atoms with Crippen LogP contribution in [-0.4, -0.2) is 0 Å². The fourth-order valence-electron chi connectivity index (χ4n) is 1.42. The SMILES string of the molecule is N#Cc1cccc2c(F)ccc(F)c12. The highest BCUT2D eigenvalue weighted by molar-refractivity contribution is 5.88. The van der Waals surface area contributed by atoms with Crippen molar-refractivity contribution in [1.82, 2.24) is 0 Å². The lowest BCUT2D eigenvalue weighted by molar-refractivity contribution is 0.617. The molecule has 0 saturated heterocycles. The topological polar surface area (TPSA) is 23.8 Å². The zero-order chi connectivity index (χ0) is 10.1. The smallest absolute Gasteiger partial charge is 0.132 e. The van der Waals surface area contributed by atoms with Gasteiger partial charge in [0.1, 0.15) is 11.6 Å². The van der Waals surface area contributed by atoms with Crippen molar-refractivity contribution in [3.05, 3.63) is 47.5 Å². The summed E-state index contributed by atoms with van der Waals surface area (Å²) in [4.78, 5) is 0. The monoisotopic (exact) mass is 189 g/mol. The van der Waals surface area contributed by atoms with E-state index in [1.165, 1.54) is 18.2 Å². The second-order valence-corrected chi connectivity index (χ2v) is 2.87. The summed E-state index contributed by atoms with van der Waals surface area (Å²) in [5, 5.41) is 8.91. The molecule has 2 aromatic rings. The van der Waals surface area contributed by atoms with Crippen molar-refractivity contribution in [3.63, 3.8) is 0 Å². The first kappa shape index (κ1) is 8.64. The highest BCUT2D eigenvalue weighted by atomic mass is 19.1. The van der Waals surface area contributed by atoms with Gasteiger partial charge in [-0.3, -0.25) is 0 Å². The van der Waals surface area contributed by atoms with Crippen LogP contribution in [0.1, 0.15) is 5.56 Å². The maximum atomic E-state index is 13.3. The average Bonchev–Trinajstić information content (AvgIpc) is 2.23. The minimum absolute atomic E-state index is 0.0509. The Morgan fingerprint density at radius 1 is 1.00 bits per heavy atom. The van der Waals surface area contributed by atoms with Crippen molar-refractivity contribution in [1.29, 1.82) is 5.26 Å². The molecule has 0 spiro atoms. The van der Waals surface area contributed by atoms with Crippen LogP contribution in [0.4, 0.5) is 8.78 Å². The van der Waals surface area contributed by atoms with Gasteiger partial charge in [0.25, 0.3) is 0 Å². The van der Waals surface area contributed by atoms with E-state index in [-0.39, 0.29) is 16.3 Å². The normalized spacial score (nSPS) is 10.1. The third-order valence-corrected chi connectivity index (χ3v) is 2.06. The average molecular weight is 189 g/mol. The van der Waals surface area contributed by atoms with Crippen molar-refractivity contribution in [2.45, 2.75) is 0 Å². The Labute approximate surface area is 79.2 Å². The maximum Gasteiger partial charge on any atom is 0.132 e. The Kier molecular flexibility index (Phi) is 1.90. The summed E-state index contributed by atoms with van der Waals surface area (Å²) in [5.41, 5.74) is 0.152. The highest BCUT2D eigenvalue weighted by Crippen LogP contribution is 2.23. The van der Waals surface area contributed by atoms with E-state index in [9.17, 15) is 8.78 Å². The van der Waals surface area contributed by atoms with E-state index in [0.29, 0.717) is 0 Å². The Hall–Kier alpha value is -1.95. The van der Waals surface area contributed by atoms with Gasteiger partial charge in [0.2, 0.25) is 0 Å². The van der Waals surface area contributed by atoms with Crippen LogP contribution in [0.5, 0.6) is 0 Å². The van der Waals surface area contributed by atoms with Crippen molar-refractivity contribution in [2.75, 3.05) is 0 Å². The molecule has 0 N–H and O–H groups in total. The molecular weight excluding hydrogens is 184 g/mol. The van der Waals surface area contributed by atoms with Gasteiger partial charge in [0.15, 0.2) is 0 Å². The number of hydrogen-bond acceptors (Lipinski definition) is 1. The van der Waals surface area contributed by atoms with E-state index in [1.54, 1.807) is 0 Å². The lowest BCUT2D eigenvalue weighted by Crippen LogP contribution is -1.87. The van der Waals surface area contributed by atoms with Gasteiger partial charge in [-0.1, -0.05) is 12.1 Å². The number of fused-ring (bicyclic) bond motifs is 1. The molecule has 0 saturated carbocycles. The number of nitrogens with zero attached hydrogens (tertiary/aromatic N) is 1. The number of nitriles is 1. The summed E-state index contributed by atoms with van der Waals surface area (Å²) in [7, 11) is 0. The summed E-state index contributed by atoms with van der Waals surface area (Å²) in [6.45, 7) is 0. The maximum absolute atomic E-state index is 13.3. The fourth-order valence-corrected chi connectivity index (χ4v) is 1.42. The highest BCUT2D eigenvalue weighted by Gasteiger charge is 2.08. The van der Waals surface area contributed by atoms with E-state index in [2.05, 4.69) is 0 Å². The first-order valence-corrected chi connectivity index (χ1v) is 4.01. The lowest BCUT2D eigenvalue weighted by atomic mass is 10.0. The van der Waals surface area contributed by atoms with Crippen LogP contribution in [0.3, 0.4) is 0 Å². The third kappa shape index (κ3) is 1.12. The number of hydrogen-bond donors (Lipinski definition) is 0. The van der Waals surface area contributed by atoms with Gasteiger partial charge in [-0.05, 0) is 18.2 Å². The predicted molar refractivity (Wildman–Crippen MR) is 48.6 cm³/mol. The van der Waals surface area contributed by atoms with Gasteiger partial charge < -0.3 is 0 Å². The number of benzene rings is 2. The van der Waals surface area contributed by atoms with Gasteiger partial charge in [-0.25, -0.2) is 8.78 Å². The van der Waals surface area contributed by atoms with Crippen LogP contribution >= 0.6 is 0 Å². The Morgan fingerprint density at radius 3 is 2.43 bits per heavy atom. The number of rotatable bonds is 0. The van der Waals surface area contributed by atoms with Gasteiger partial charge in [-0.15, -0.1) is 0 Å². The van der Waals surface area contributed by atoms with E-state index in [4.69, 9.17) is 5.26 Å². The second-order valence-electron chi connectivity index (χ2n) is 2.87. The van der Waals surface area contributed by atoms with Gasteiger partial charge >= 0.3 is 0 Å². The van der Waals surface area contributed by atoms with Crippen LogP contribution in [0.25, 0.3) is 10.8 Å². The first-order valence-electron chi connectivity index (χ1n) is 4.01. The van der Waals surface area contributed by atoms with Crippen molar-refractivity contribution in [3.8, 4) is 6.07 Å². The molecule has 0 fully saturated rings. The van der Waals surface area contributed by atoms with E-state index in [1.807, 2.05) is 6.07 Å². The second kappa shape index (κ2) is 3.08. The molecular formula is C11H5F2N. The fraction of sp³-hybridized carbons (Fsp3) is 0.